The Hall–Kier alpha value is -2.85. The lowest BCUT2D eigenvalue weighted by molar-refractivity contribution is -0.136. The molecule has 0 aliphatic rings. The Morgan fingerprint density at radius 3 is 2.17 bits per heavy atom. The van der Waals surface area contributed by atoms with E-state index in [0.717, 1.165) is 0 Å². The van der Waals surface area contributed by atoms with Gasteiger partial charge in [0.15, 0.2) is 0 Å². The van der Waals surface area contributed by atoms with Gasteiger partial charge in [-0.3, -0.25) is 9.59 Å². The van der Waals surface area contributed by atoms with Gasteiger partial charge in [0.1, 0.15) is 11.5 Å². The molecule has 1 amide bonds. The molecule has 0 radical (unpaired) electrons. The first-order valence-corrected chi connectivity index (χ1v) is 9.51. The van der Waals surface area contributed by atoms with Crippen molar-refractivity contribution in [1.82, 2.24) is 5.32 Å². The number of carbonyl (C=O) groups excluding carboxylic acids is 2. The number of ether oxygens (including phenoxy) is 5. The number of rotatable bonds is 17. The SMILES string of the molecule is COc1ccc(OC(=O)CCC(=O)NCCOCCOCCOCCN=[N+]=[N-])cc1. The molecule has 0 aliphatic heterocycles. The first-order valence-electron chi connectivity index (χ1n) is 9.51. The molecule has 0 fully saturated rings. The molecule has 11 heteroatoms. The van der Waals surface area contributed by atoms with Crippen LogP contribution in [0.4, 0.5) is 0 Å². The van der Waals surface area contributed by atoms with E-state index in [0.29, 0.717) is 64.2 Å². The molecule has 1 aromatic carbocycles. The Morgan fingerprint density at radius 2 is 1.53 bits per heavy atom. The molecule has 30 heavy (non-hydrogen) atoms. The largest absolute Gasteiger partial charge is 0.497 e. The number of nitrogens with zero attached hydrogens (tertiary/aromatic N) is 3. The fraction of sp³-hybridized carbons (Fsp3) is 0.579. The predicted molar refractivity (Wildman–Crippen MR) is 107 cm³/mol. The third-order valence-corrected chi connectivity index (χ3v) is 3.56. The van der Waals surface area contributed by atoms with Crippen molar-refractivity contribution in [2.75, 3.05) is 59.8 Å². The molecule has 0 aromatic heterocycles. The number of benzene rings is 1. The molecule has 0 saturated heterocycles. The molecule has 0 atom stereocenters. The van der Waals surface area contributed by atoms with Gasteiger partial charge in [-0.05, 0) is 29.8 Å². The van der Waals surface area contributed by atoms with Crippen molar-refractivity contribution >= 4 is 11.9 Å². The number of amides is 1. The zero-order valence-corrected chi connectivity index (χ0v) is 17.1. The highest BCUT2D eigenvalue weighted by atomic mass is 16.5. The smallest absolute Gasteiger partial charge is 0.311 e. The van der Waals surface area contributed by atoms with E-state index in [-0.39, 0.29) is 18.7 Å². The van der Waals surface area contributed by atoms with Crippen LogP contribution < -0.4 is 14.8 Å². The van der Waals surface area contributed by atoms with Gasteiger partial charge in [-0.15, -0.1) is 0 Å². The minimum atomic E-state index is -0.481. The lowest BCUT2D eigenvalue weighted by Crippen LogP contribution is -2.28. The van der Waals surface area contributed by atoms with E-state index in [1.807, 2.05) is 0 Å². The van der Waals surface area contributed by atoms with E-state index in [4.69, 9.17) is 29.2 Å². The van der Waals surface area contributed by atoms with Crippen LogP contribution >= 0.6 is 0 Å². The number of carbonyl (C=O) groups is 2. The second-order valence-corrected chi connectivity index (χ2v) is 5.79. The van der Waals surface area contributed by atoms with Crippen LogP contribution in [0.25, 0.3) is 10.4 Å². The Morgan fingerprint density at radius 1 is 0.933 bits per heavy atom. The highest BCUT2D eigenvalue weighted by Gasteiger charge is 2.09. The Kier molecular flexibility index (Phi) is 14.3. The maximum atomic E-state index is 11.8. The summed E-state index contributed by atoms with van der Waals surface area (Å²) in [6, 6.07) is 6.61. The van der Waals surface area contributed by atoms with E-state index in [2.05, 4.69) is 15.3 Å². The number of nitrogens with one attached hydrogen (secondary N) is 1. The first kappa shape index (κ1) is 25.2. The lowest BCUT2D eigenvalue weighted by Gasteiger charge is -2.08. The molecule has 0 spiro atoms. The summed E-state index contributed by atoms with van der Waals surface area (Å²) in [5, 5.41) is 6.01. The fourth-order valence-electron chi connectivity index (χ4n) is 2.08. The van der Waals surface area contributed by atoms with E-state index in [9.17, 15) is 9.59 Å². The third kappa shape index (κ3) is 13.3. The highest BCUT2D eigenvalue weighted by Crippen LogP contribution is 2.17. The maximum Gasteiger partial charge on any atom is 0.311 e. The average molecular weight is 424 g/mol. The molecular formula is C19H28N4O7. The van der Waals surface area contributed by atoms with Gasteiger partial charge < -0.3 is 29.0 Å². The zero-order valence-electron chi connectivity index (χ0n) is 17.1. The second kappa shape index (κ2) is 17.0. The number of methoxy groups -OCH3 is 1. The number of hydrogen-bond acceptors (Lipinski definition) is 8. The summed E-state index contributed by atoms with van der Waals surface area (Å²) in [4.78, 5) is 26.1. The van der Waals surface area contributed by atoms with Crippen molar-refractivity contribution in [2.45, 2.75) is 12.8 Å². The highest BCUT2D eigenvalue weighted by molar-refractivity contribution is 5.82. The Balaban J connectivity index is 1.93. The molecule has 0 saturated carbocycles. The fourth-order valence-corrected chi connectivity index (χ4v) is 2.08. The average Bonchev–Trinajstić information content (AvgIpc) is 2.76. The maximum absolute atomic E-state index is 11.8. The van der Waals surface area contributed by atoms with Crippen LogP contribution in [-0.4, -0.2) is 71.7 Å². The van der Waals surface area contributed by atoms with E-state index >= 15 is 0 Å². The lowest BCUT2D eigenvalue weighted by atomic mass is 10.3. The van der Waals surface area contributed by atoms with Crippen molar-refractivity contribution in [3.63, 3.8) is 0 Å². The van der Waals surface area contributed by atoms with Gasteiger partial charge in [0.2, 0.25) is 5.91 Å². The van der Waals surface area contributed by atoms with Crippen LogP contribution in [0.2, 0.25) is 0 Å². The van der Waals surface area contributed by atoms with Gasteiger partial charge in [-0.25, -0.2) is 0 Å². The quantitative estimate of drug-likeness (QED) is 0.100. The van der Waals surface area contributed by atoms with Crippen LogP contribution in [0.3, 0.4) is 0 Å². The molecule has 1 N–H and O–H groups in total. The zero-order chi connectivity index (χ0) is 21.9. The molecule has 1 aromatic rings. The number of esters is 1. The summed E-state index contributed by atoms with van der Waals surface area (Å²) in [6.45, 7) is 2.98. The summed E-state index contributed by atoms with van der Waals surface area (Å²) >= 11 is 0. The molecule has 0 aliphatic carbocycles. The first-order chi connectivity index (χ1) is 14.7. The predicted octanol–water partition coefficient (Wildman–Crippen LogP) is 1.86. The molecule has 0 unspecified atom stereocenters. The van der Waals surface area contributed by atoms with Crippen LogP contribution in [-0.2, 0) is 23.8 Å². The second-order valence-electron chi connectivity index (χ2n) is 5.79. The van der Waals surface area contributed by atoms with E-state index in [1.54, 1.807) is 31.4 Å². The van der Waals surface area contributed by atoms with E-state index in [1.165, 1.54) is 0 Å². The van der Waals surface area contributed by atoms with Crippen molar-refractivity contribution in [1.29, 1.82) is 0 Å². The van der Waals surface area contributed by atoms with Gasteiger partial charge >= 0.3 is 5.97 Å². The third-order valence-electron chi connectivity index (χ3n) is 3.56. The van der Waals surface area contributed by atoms with Crippen molar-refractivity contribution in [3.05, 3.63) is 34.7 Å². The minimum Gasteiger partial charge on any atom is -0.497 e. The monoisotopic (exact) mass is 424 g/mol. The molecule has 166 valence electrons. The topological polar surface area (TPSA) is 141 Å². The van der Waals surface area contributed by atoms with Crippen LogP contribution in [0.15, 0.2) is 29.4 Å². The van der Waals surface area contributed by atoms with Gasteiger partial charge in [-0.1, -0.05) is 5.11 Å². The molecule has 0 bridgehead atoms. The van der Waals surface area contributed by atoms with Gasteiger partial charge in [-0.2, -0.15) is 0 Å². The van der Waals surface area contributed by atoms with Gasteiger partial charge in [0.05, 0.1) is 53.2 Å². The normalized spacial score (nSPS) is 10.2. The van der Waals surface area contributed by atoms with Crippen molar-refractivity contribution in [2.24, 2.45) is 5.11 Å². The summed E-state index contributed by atoms with van der Waals surface area (Å²) in [5.41, 5.74) is 8.09. The summed E-state index contributed by atoms with van der Waals surface area (Å²) in [7, 11) is 1.55. The van der Waals surface area contributed by atoms with Gasteiger partial charge in [0.25, 0.3) is 0 Å². The summed E-state index contributed by atoms with van der Waals surface area (Å²) in [6.07, 6.45) is 0.0231. The summed E-state index contributed by atoms with van der Waals surface area (Å²) < 4.78 is 26.0. The van der Waals surface area contributed by atoms with Crippen molar-refractivity contribution in [3.8, 4) is 11.5 Å². The number of azide groups is 1. The van der Waals surface area contributed by atoms with E-state index < -0.39 is 5.97 Å². The standard InChI is InChI=1S/C19H28N4O7/c1-26-16-2-4-17(5-3-16)30-19(25)7-6-18(24)21-8-10-27-12-14-29-15-13-28-11-9-22-23-20/h2-5H,6-15H2,1H3,(H,21,24). The van der Waals surface area contributed by atoms with Crippen LogP contribution in [0, 0.1) is 0 Å². The Bertz CT molecular complexity index is 663. The van der Waals surface area contributed by atoms with Gasteiger partial charge in [0, 0.05) is 24.4 Å². The molecule has 0 heterocycles. The molecule has 1 rings (SSSR count). The van der Waals surface area contributed by atoms with Crippen molar-refractivity contribution < 1.29 is 33.3 Å². The summed E-state index contributed by atoms with van der Waals surface area (Å²) in [5.74, 6) is 0.331. The minimum absolute atomic E-state index is 0.0164. The number of hydrogen-bond donors (Lipinski definition) is 1. The van der Waals surface area contributed by atoms with Crippen LogP contribution in [0.5, 0.6) is 11.5 Å². The molecular weight excluding hydrogens is 396 g/mol. The van der Waals surface area contributed by atoms with Crippen LogP contribution in [0.1, 0.15) is 12.8 Å². The molecule has 11 nitrogen and oxygen atoms in total. The Labute approximate surface area is 175 Å².